The number of nitrogens with zero attached hydrogens (tertiary/aromatic N) is 2. The minimum Gasteiger partial charge on any atom is -0.357 e. The smallest absolute Gasteiger partial charge is 0.191 e. The summed E-state index contributed by atoms with van der Waals surface area (Å²) in [4.78, 5) is 11.7. The summed E-state index contributed by atoms with van der Waals surface area (Å²) in [5.74, 6) is 1.34. The first-order valence-corrected chi connectivity index (χ1v) is 9.35. The lowest BCUT2D eigenvalue weighted by Crippen LogP contribution is -2.38. The summed E-state index contributed by atoms with van der Waals surface area (Å²) in [6, 6.07) is 4.27. The summed E-state index contributed by atoms with van der Waals surface area (Å²) in [6.07, 6.45) is 2.87. The van der Waals surface area contributed by atoms with Crippen molar-refractivity contribution in [2.75, 3.05) is 19.6 Å². The summed E-state index contributed by atoms with van der Waals surface area (Å²) in [5, 5.41) is 9.98. The van der Waals surface area contributed by atoms with E-state index in [2.05, 4.69) is 58.9 Å². The highest BCUT2D eigenvalue weighted by molar-refractivity contribution is 14.0. The normalized spacial score (nSPS) is 12.6. The van der Waals surface area contributed by atoms with E-state index in [0.29, 0.717) is 5.92 Å². The van der Waals surface area contributed by atoms with Crippen LogP contribution in [0.25, 0.3) is 0 Å². The fraction of sp³-hybridized carbons (Fsp3) is 0.500. The Kier molecular flexibility index (Phi) is 9.73. The fourth-order valence-corrected chi connectivity index (χ4v) is 3.60. The third kappa shape index (κ3) is 7.17. The molecule has 0 amide bonds. The number of rotatable bonds is 7. The van der Waals surface area contributed by atoms with Crippen molar-refractivity contribution in [1.29, 1.82) is 0 Å². The van der Waals surface area contributed by atoms with Crippen molar-refractivity contribution in [2.45, 2.75) is 33.1 Å². The van der Waals surface area contributed by atoms with Gasteiger partial charge in [-0.1, -0.05) is 13.0 Å². The van der Waals surface area contributed by atoms with Crippen LogP contribution < -0.4 is 10.6 Å². The van der Waals surface area contributed by atoms with Gasteiger partial charge in [0.25, 0.3) is 0 Å². The number of hydrogen-bond donors (Lipinski definition) is 2. The minimum atomic E-state index is 0. The van der Waals surface area contributed by atoms with Crippen LogP contribution in [0.4, 0.5) is 0 Å². The van der Waals surface area contributed by atoms with Gasteiger partial charge in [-0.15, -0.1) is 46.7 Å². The Balaban J connectivity index is 0.00000264. The van der Waals surface area contributed by atoms with Crippen molar-refractivity contribution >= 4 is 52.6 Å². The lowest BCUT2D eigenvalue weighted by molar-refractivity contribution is 0.754. The quantitative estimate of drug-likeness (QED) is 0.370. The van der Waals surface area contributed by atoms with Gasteiger partial charge in [0.2, 0.25) is 0 Å². The molecule has 0 saturated carbocycles. The van der Waals surface area contributed by atoms with E-state index in [1.807, 2.05) is 6.20 Å². The zero-order chi connectivity index (χ0) is 15.8. The maximum atomic E-state index is 4.69. The van der Waals surface area contributed by atoms with Gasteiger partial charge in [0.1, 0.15) is 0 Å². The van der Waals surface area contributed by atoms with E-state index >= 15 is 0 Å². The second-order valence-electron chi connectivity index (χ2n) is 5.18. The van der Waals surface area contributed by atoms with Gasteiger partial charge >= 0.3 is 0 Å². The molecule has 2 N–H and O–H groups in total. The molecule has 7 heteroatoms. The topological polar surface area (TPSA) is 49.3 Å². The number of aromatic nitrogens is 1. The van der Waals surface area contributed by atoms with Crippen LogP contribution >= 0.6 is 46.7 Å². The summed E-state index contributed by atoms with van der Waals surface area (Å²) >= 11 is 3.56. The van der Waals surface area contributed by atoms with Gasteiger partial charge < -0.3 is 10.6 Å². The maximum absolute atomic E-state index is 4.69. The van der Waals surface area contributed by atoms with Crippen LogP contribution in [0.5, 0.6) is 0 Å². The highest BCUT2D eigenvalue weighted by atomic mass is 127. The Morgan fingerprint density at radius 3 is 2.83 bits per heavy atom. The van der Waals surface area contributed by atoms with E-state index in [1.165, 1.54) is 14.8 Å². The Morgan fingerprint density at radius 2 is 2.22 bits per heavy atom. The minimum absolute atomic E-state index is 0. The van der Waals surface area contributed by atoms with Crippen LogP contribution in [0.3, 0.4) is 0 Å². The molecule has 23 heavy (non-hydrogen) atoms. The van der Waals surface area contributed by atoms with Gasteiger partial charge in [-0.25, -0.2) is 4.98 Å². The van der Waals surface area contributed by atoms with Gasteiger partial charge in [0.15, 0.2) is 5.96 Å². The summed E-state index contributed by atoms with van der Waals surface area (Å²) in [6.45, 7) is 8.92. The molecule has 0 aliphatic heterocycles. The molecular formula is C16H25IN4S2. The molecular weight excluding hydrogens is 439 g/mol. The third-order valence-electron chi connectivity index (χ3n) is 3.20. The van der Waals surface area contributed by atoms with Crippen molar-refractivity contribution in [3.63, 3.8) is 0 Å². The third-order valence-corrected chi connectivity index (χ3v) is 5.27. The monoisotopic (exact) mass is 464 g/mol. The number of aryl methyl sites for hydroxylation is 1. The van der Waals surface area contributed by atoms with E-state index in [9.17, 15) is 0 Å². The molecule has 0 aromatic carbocycles. The highest BCUT2D eigenvalue weighted by Crippen LogP contribution is 2.20. The molecule has 0 aliphatic rings. The van der Waals surface area contributed by atoms with Crippen LogP contribution in [0.1, 0.15) is 34.5 Å². The zero-order valence-corrected chi connectivity index (χ0v) is 17.8. The number of thiophene rings is 1. The van der Waals surface area contributed by atoms with Gasteiger partial charge in [0.05, 0.1) is 11.6 Å². The molecule has 0 radical (unpaired) electrons. The molecule has 1 atom stereocenters. The van der Waals surface area contributed by atoms with E-state index in [1.54, 1.807) is 22.7 Å². The number of guanidine groups is 1. The zero-order valence-electron chi connectivity index (χ0n) is 13.8. The van der Waals surface area contributed by atoms with Gasteiger partial charge in [-0.2, -0.15) is 0 Å². The predicted molar refractivity (Wildman–Crippen MR) is 113 cm³/mol. The Hall–Kier alpha value is -0.670. The van der Waals surface area contributed by atoms with Gasteiger partial charge in [-0.05, 0) is 25.3 Å². The molecule has 0 spiro atoms. The highest BCUT2D eigenvalue weighted by Gasteiger charge is 2.06. The van der Waals surface area contributed by atoms with Crippen molar-refractivity contribution < 1.29 is 0 Å². The van der Waals surface area contributed by atoms with Crippen molar-refractivity contribution in [3.8, 4) is 0 Å². The molecule has 1 unspecified atom stereocenters. The molecule has 0 bridgehead atoms. The summed E-state index contributed by atoms with van der Waals surface area (Å²) in [7, 11) is 0. The van der Waals surface area contributed by atoms with E-state index in [0.717, 1.165) is 32.0 Å². The molecule has 128 valence electrons. The Morgan fingerprint density at radius 1 is 1.39 bits per heavy atom. The standard InChI is InChI=1S/C16H24N4S2.HI/c1-4-17-16(18-8-7-15-19-11-13(3)22-15)20-10-12(2)14-6-5-9-21-14;/h5-6,9,11-12H,4,7-8,10H2,1-3H3,(H2,17,18,20);1H. The van der Waals surface area contributed by atoms with Crippen LogP contribution in [-0.2, 0) is 6.42 Å². The first kappa shape index (κ1) is 20.4. The molecule has 4 nitrogen and oxygen atoms in total. The van der Waals surface area contributed by atoms with E-state index < -0.39 is 0 Å². The number of aliphatic imine (C=N–C) groups is 1. The number of nitrogens with one attached hydrogen (secondary N) is 2. The summed E-state index contributed by atoms with van der Waals surface area (Å²) in [5.41, 5.74) is 0. The van der Waals surface area contributed by atoms with Gasteiger partial charge in [-0.3, -0.25) is 4.99 Å². The molecule has 2 heterocycles. The summed E-state index contributed by atoms with van der Waals surface area (Å²) < 4.78 is 0. The second-order valence-corrected chi connectivity index (χ2v) is 7.48. The SMILES string of the molecule is CCNC(=NCC(C)c1cccs1)NCCc1ncc(C)s1.I. The van der Waals surface area contributed by atoms with Crippen LogP contribution in [-0.4, -0.2) is 30.6 Å². The van der Waals surface area contributed by atoms with E-state index in [4.69, 9.17) is 0 Å². The van der Waals surface area contributed by atoms with E-state index in [-0.39, 0.29) is 24.0 Å². The Bertz CT molecular complexity index is 581. The molecule has 0 saturated heterocycles. The average Bonchev–Trinajstić information content (AvgIpc) is 3.16. The van der Waals surface area contributed by atoms with Crippen molar-refractivity contribution in [2.24, 2.45) is 4.99 Å². The largest absolute Gasteiger partial charge is 0.357 e. The first-order chi connectivity index (χ1) is 10.7. The lowest BCUT2D eigenvalue weighted by Gasteiger charge is -2.12. The molecule has 0 fully saturated rings. The second kappa shape index (κ2) is 11.0. The number of halogens is 1. The Labute approximate surface area is 163 Å². The molecule has 2 aromatic rings. The fourth-order valence-electron chi connectivity index (χ4n) is 2.04. The molecule has 0 aliphatic carbocycles. The maximum Gasteiger partial charge on any atom is 0.191 e. The molecule has 2 aromatic heterocycles. The average molecular weight is 464 g/mol. The van der Waals surface area contributed by atoms with Gasteiger partial charge in [0, 0.05) is 41.4 Å². The first-order valence-electron chi connectivity index (χ1n) is 7.66. The number of hydrogen-bond acceptors (Lipinski definition) is 4. The van der Waals surface area contributed by atoms with Crippen molar-refractivity contribution in [3.05, 3.63) is 38.5 Å². The van der Waals surface area contributed by atoms with Crippen LogP contribution in [0, 0.1) is 6.92 Å². The van der Waals surface area contributed by atoms with Crippen molar-refractivity contribution in [1.82, 2.24) is 15.6 Å². The van der Waals surface area contributed by atoms with Crippen LogP contribution in [0.2, 0.25) is 0 Å². The van der Waals surface area contributed by atoms with Crippen LogP contribution in [0.15, 0.2) is 28.7 Å². The lowest BCUT2D eigenvalue weighted by atomic mass is 10.1. The predicted octanol–water partition coefficient (Wildman–Crippen LogP) is 4.03. The molecule has 2 rings (SSSR count). The number of thiazole rings is 1.